The predicted molar refractivity (Wildman–Crippen MR) is 132 cm³/mol. The van der Waals surface area contributed by atoms with E-state index < -0.39 is 23.7 Å². The lowest BCUT2D eigenvalue weighted by Gasteiger charge is -2.15. The zero-order valence-corrected chi connectivity index (χ0v) is 19.7. The van der Waals surface area contributed by atoms with Crippen LogP contribution in [-0.4, -0.2) is 27.0 Å². The largest absolute Gasteiger partial charge is 0.481 e. The summed E-state index contributed by atoms with van der Waals surface area (Å²) in [6.45, 7) is 1.73. The van der Waals surface area contributed by atoms with E-state index in [-0.39, 0.29) is 17.8 Å². The van der Waals surface area contributed by atoms with Gasteiger partial charge in [-0.05, 0) is 49.9 Å². The maximum atomic E-state index is 15.0. The number of benzene rings is 3. The van der Waals surface area contributed by atoms with Crippen molar-refractivity contribution in [2.45, 2.75) is 38.6 Å². The molecule has 4 rings (SSSR count). The van der Waals surface area contributed by atoms with Crippen molar-refractivity contribution in [3.05, 3.63) is 95.2 Å². The zero-order valence-electron chi connectivity index (χ0n) is 19.7. The van der Waals surface area contributed by atoms with Crippen LogP contribution in [0, 0.1) is 11.6 Å². The minimum atomic E-state index is -0.858. The zero-order chi connectivity index (χ0) is 25.7. The van der Waals surface area contributed by atoms with E-state index in [9.17, 15) is 14.0 Å². The lowest BCUT2D eigenvalue weighted by molar-refractivity contribution is -0.137. The average molecular weight is 490 g/mol. The summed E-state index contributed by atoms with van der Waals surface area (Å²) in [7, 11) is 0. The van der Waals surface area contributed by atoms with Gasteiger partial charge in [0.25, 0.3) is 5.91 Å². The van der Waals surface area contributed by atoms with Crippen molar-refractivity contribution in [2.75, 3.05) is 0 Å². The second-order valence-electron chi connectivity index (χ2n) is 8.55. The number of halogens is 2. The van der Waals surface area contributed by atoms with Gasteiger partial charge < -0.3 is 10.4 Å². The second kappa shape index (κ2) is 11.0. The topological polar surface area (TPSA) is 92.2 Å². The molecule has 8 heteroatoms. The number of amides is 1. The molecule has 0 radical (unpaired) electrons. The van der Waals surface area contributed by atoms with Crippen LogP contribution in [0.25, 0.3) is 22.3 Å². The number of nitrogens with one attached hydrogen (secondary N) is 1. The number of hydrogen-bond donors (Lipinski definition) is 2. The number of rotatable bonds is 9. The monoisotopic (exact) mass is 489 g/mol. The molecular formula is C28H25F2N3O3. The first-order valence-electron chi connectivity index (χ1n) is 11.7. The molecule has 0 aliphatic carbocycles. The summed E-state index contributed by atoms with van der Waals surface area (Å²) in [6.07, 6.45) is 1.63. The molecule has 0 bridgehead atoms. The molecule has 1 unspecified atom stereocenters. The summed E-state index contributed by atoms with van der Waals surface area (Å²) in [6, 6.07) is 17.2. The van der Waals surface area contributed by atoms with E-state index in [1.165, 1.54) is 24.3 Å². The van der Waals surface area contributed by atoms with E-state index >= 15 is 4.39 Å². The molecular weight excluding hydrogens is 464 g/mol. The number of aromatic nitrogens is 2. The number of fused-ring (bicyclic) bond motifs is 1. The Balaban J connectivity index is 1.65. The van der Waals surface area contributed by atoms with E-state index in [1.54, 1.807) is 19.1 Å². The van der Waals surface area contributed by atoms with Crippen LogP contribution in [0.1, 0.15) is 53.8 Å². The van der Waals surface area contributed by atoms with Crippen LogP contribution in [0.3, 0.4) is 0 Å². The molecule has 1 heterocycles. The lowest BCUT2D eigenvalue weighted by atomic mass is 10.0. The van der Waals surface area contributed by atoms with Crippen LogP contribution in [0.15, 0.2) is 66.7 Å². The number of hydrogen-bond acceptors (Lipinski definition) is 4. The first-order chi connectivity index (χ1) is 17.3. The van der Waals surface area contributed by atoms with Crippen molar-refractivity contribution in [1.29, 1.82) is 0 Å². The van der Waals surface area contributed by atoms with Gasteiger partial charge in [0.05, 0.1) is 34.0 Å². The van der Waals surface area contributed by atoms with E-state index in [4.69, 9.17) is 10.1 Å². The molecule has 1 atom stereocenters. The molecule has 2 N–H and O–H groups in total. The van der Waals surface area contributed by atoms with Crippen molar-refractivity contribution >= 4 is 22.9 Å². The first-order valence-corrected chi connectivity index (χ1v) is 11.7. The maximum absolute atomic E-state index is 15.0. The van der Waals surface area contributed by atoms with Crippen LogP contribution < -0.4 is 5.32 Å². The number of carboxylic acid groups (broad SMARTS) is 1. The molecule has 6 nitrogen and oxygen atoms in total. The minimum Gasteiger partial charge on any atom is -0.481 e. The van der Waals surface area contributed by atoms with Crippen LogP contribution in [0.5, 0.6) is 0 Å². The van der Waals surface area contributed by atoms with Crippen molar-refractivity contribution in [3.63, 3.8) is 0 Å². The van der Waals surface area contributed by atoms with Crippen molar-refractivity contribution < 1.29 is 23.5 Å². The van der Waals surface area contributed by atoms with Crippen LogP contribution in [-0.2, 0) is 11.2 Å². The van der Waals surface area contributed by atoms with Crippen molar-refractivity contribution in [3.8, 4) is 11.3 Å². The van der Waals surface area contributed by atoms with Gasteiger partial charge in [-0.2, -0.15) is 0 Å². The lowest BCUT2D eigenvalue weighted by Crippen LogP contribution is -2.27. The fraction of sp³-hybridized carbons (Fsp3) is 0.214. The normalized spacial score (nSPS) is 11.9. The molecule has 0 spiro atoms. The summed E-state index contributed by atoms with van der Waals surface area (Å²) >= 11 is 0. The number of nitrogens with zero attached hydrogens (tertiary/aromatic N) is 2. The Kier molecular flexibility index (Phi) is 7.63. The minimum absolute atomic E-state index is 0.0590. The molecule has 0 saturated carbocycles. The molecule has 36 heavy (non-hydrogen) atoms. The van der Waals surface area contributed by atoms with Gasteiger partial charge >= 0.3 is 5.97 Å². The van der Waals surface area contributed by atoms with Gasteiger partial charge in [0, 0.05) is 18.1 Å². The molecule has 0 aliphatic rings. The molecule has 184 valence electrons. The van der Waals surface area contributed by atoms with Gasteiger partial charge in [-0.25, -0.2) is 18.7 Å². The highest BCUT2D eigenvalue weighted by atomic mass is 19.1. The van der Waals surface area contributed by atoms with Crippen LogP contribution >= 0.6 is 0 Å². The molecule has 3 aromatic carbocycles. The number of aliphatic carboxylic acids is 1. The third-order valence-corrected chi connectivity index (χ3v) is 5.89. The van der Waals surface area contributed by atoms with Gasteiger partial charge in [-0.15, -0.1) is 0 Å². The van der Waals surface area contributed by atoms with E-state index in [0.29, 0.717) is 47.2 Å². The number of unbranched alkanes of at least 4 members (excludes halogenated alkanes) is 1. The summed E-state index contributed by atoms with van der Waals surface area (Å²) in [5.41, 5.74) is 3.25. The highest BCUT2D eigenvalue weighted by Crippen LogP contribution is 2.26. The van der Waals surface area contributed by atoms with Gasteiger partial charge in [0.15, 0.2) is 0 Å². The quantitative estimate of drug-likeness (QED) is 0.287. The van der Waals surface area contributed by atoms with Gasteiger partial charge in [0.1, 0.15) is 11.6 Å². The first kappa shape index (κ1) is 24.9. The smallest absolute Gasteiger partial charge is 0.303 e. The molecule has 0 fully saturated rings. The third kappa shape index (κ3) is 5.89. The third-order valence-electron chi connectivity index (χ3n) is 5.89. The Morgan fingerprint density at radius 2 is 1.64 bits per heavy atom. The second-order valence-corrected chi connectivity index (χ2v) is 8.55. The molecule has 1 aromatic heterocycles. The van der Waals surface area contributed by atoms with E-state index in [0.717, 1.165) is 5.56 Å². The van der Waals surface area contributed by atoms with E-state index in [2.05, 4.69) is 10.3 Å². The number of carbonyl (C=O) groups is 2. The molecule has 1 amide bonds. The summed E-state index contributed by atoms with van der Waals surface area (Å²) in [5.74, 6) is -2.59. The summed E-state index contributed by atoms with van der Waals surface area (Å²) in [5, 5.41) is 11.7. The summed E-state index contributed by atoms with van der Waals surface area (Å²) in [4.78, 5) is 33.1. The van der Waals surface area contributed by atoms with Gasteiger partial charge in [-0.3, -0.25) is 9.59 Å². The van der Waals surface area contributed by atoms with Gasteiger partial charge in [-0.1, -0.05) is 42.5 Å². The van der Waals surface area contributed by atoms with Crippen molar-refractivity contribution in [1.82, 2.24) is 15.3 Å². The summed E-state index contributed by atoms with van der Waals surface area (Å²) < 4.78 is 28.2. The molecule has 4 aromatic rings. The fourth-order valence-corrected chi connectivity index (χ4v) is 3.97. The standard InChI is InChI=1S/C28H25F2N3O3/c1-17(18-11-13-20(29)14-12-18)31-28(36)21-15-24-25(16-22(21)30)33-27(19-7-3-2-4-8-19)23(32-24)9-5-6-10-26(34)35/h2-4,7-8,11-17H,5-6,9-10H2,1H3,(H,31,36)(H,34,35). The Morgan fingerprint density at radius 3 is 2.33 bits per heavy atom. The van der Waals surface area contributed by atoms with E-state index in [1.807, 2.05) is 30.3 Å². The van der Waals surface area contributed by atoms with Crippen molar-refractivity contribution in [2.24, 2.45) is 0 Å². The fourth-order valence-electron chi connectivity index (χ4n) is 3.97. The average Bonchev–Trinajstić information content (AvgIpc) is 2.86. The number of aryl methyl sites for hydroxylation is 1. The number of carboxylic acids is 1. The van der Waals surface area contributed by atoms with Crippen LogP contribution in [0.4, 0.5) is 8.78 Å². The Morgan fingerprint density at radius 1 is 0.944 bits per heavy atom. The predicted octanol–water partition coefficient (Wildman–Crippen LogP) is 5.86. The molecule has 0 saturated heterocycles. The maximum Gasteiger partial charge on any atom is 0.303 e. The van der Waals surface area contributed by atoms with Gasteiger partial charge in [0.2, 0.25) is 0 Å². The Labute approximate surface area is 207 Å². The highest BCUT2D eigenvalue weighted by molar-refractivity contribution is 5.98. The Bertz CT molecular complexity index is 1390. The number of carbonyl (C=O) groups excluding carboxylic acids is 1. The molecule has 0 aliphatic heterocycles. The SMILES string of the molecule is CC(NC(=O)c1cc2nc(CCCCC(=O)O)c(-c3ccccc3)nc2cc1F)c1ccc(F)cc1. The Hall–Kier alpha value is -4.20. The highest BCUT2D eigenvalue weighted by Gasteiger charge is 2.19. The van der Waals surface area contributed by atoms with Crippen LogP contribution in [0.2, 0.25) is 0 Å².